The topological polar surface area (TPSA) is 53.0 Å². The van der Waals surface area contributed by atoms with E-state index in [-0.39, 0.29) is 0 Å². The van der Waals surface area contributed by atoms with E-state index in [4.69, 9.17) is 10.2 Å². The molecule has 3 heteroatoms. The van der Waals surface area contributed by atoms with Crippen molar-refractivity contribution in [3.8, 4) is 11.5 Å². The lowest BCUT2D eigenvalue weighted by Gasteiger charge is -1.82. The minimum absolute atomic E-state index is 0.322. The Balaban J connectivity index is 0.000000137. The van der Waals surface area contributed by atoms with Gasteiger partial charge in [-0.05, 0) is 24.3 Å². The number of phenolic OH excluding ortho intramolecular Hbond substituents is 2. The van der Waals surface area contributed by atoms with Crippen LogP contribution >= 0.6 is 0 Å². The van der Waals surface area contributed by atoms with E-state index in [2.05, 4.69) is 4.74 Å². The molecule has 0 amide bonds. The fourth-order valence-corrected chi connectivity index (χ4v) is 0.856. The zero-order valence-corrected chi connectivity index (χ0v) is 9.49. The van der Waals surface area contributed by atoms with Crippen molar-refractivity contribution in [2.24, 2.45) is 0 Å². The van der Waals surface area contributed by atoms with Crippen LogP contribution in [0.5, 0.6) is 11.5 Å². The molecular formula is C14H16O3. The SMILES string of the molecule is C1CO1.Oc1ccccc1.Oc1ccccc1. The van der Waals surface area contributed by atoms with E-state index in [0.717, 1.165) is 13.2 Å². The van der Waals surface area contributed by atoms with Crippen molar-refractivity contribution in [3.05, 3.63) is 60.7 Å². The molecule has 1 fully saturated rings. The van der Waals surface area contributed by atoms with Crippen molar-refractivity contribution in [2.75, 3.05) is 13.2 Å². The van der Waals surface area contributed by atoms with Crippen LogP contribution in [-0.4, -0.2) is 23.4 Å². The summed E-state index contributed by atoms with van der Waals surface area (Å²) in [6.07, 6.45) is 0. The largest absolute Gasteiger partial charge is 0.508 e. The van der Waals surface area contributed by atoms with Crippen LogP contribution < -0.4 is 0 Å². The zero-order chi connectivity index (χ0) is 12.3. The molecule has 2 aromatic carbocycles. The van der Waals surface area contributed by atoms with Crippen LogP contribution in [0.4, 0.5) is 0 Å². The minimum Gasteiger partial charge on any atom is -0.508 e. The first-order valence-corrected chi connectivity index (χ1v) is 5.35. The zero-order valence-electron chi connectivity index (χ0n) is 9.49. The number of aromatic hydroxyl groups is 2. The predicted molar refractivity (Wildman–Crippen MR) is 67.0 cm³/mol. The Bertz CT molecular complexity index is 344. The van der Waals surface area contributed by atoms with E-state index in [1.165, 1.54) is 0 Å². The standard InChI is InChI=1S/2C6H6O.C2H4O/c2*7-6-4-2-1-3-5-6;1-2-3-1/h2*1-5,7H;1-2H2. The molecule has 0 aliphatic carbocycles. The Morgan fingerprint density at radius 3 is 1.06 bits per heavy atom. The number of para-hydroxylation sites is 2. The molecule has 3 rings (SSSR count). The lowest BCUT2D eigenvalue weighted by atomic mass is 10.3. The second-order valence-corrected chi connectivity index (χ2v) is 3.28. The predicted octanol–water partition coefficient (Wildman–Crippen LogP) is 2.80. The maximum atomic E-state index is 8.63. The molecule has 0 atom stereocenters. The molecule has 1 aliphatic heterocycles. The molecule has 1 aliphatic rings. The maximum Gasteiger partial charge on any atom is 0.115 e. The molecule has 0 spiro atoms. The number of epoxide rings is 1. The Kier molecular flexibility index (Phi) is 6.29. The van der Waals surface area contributed by atoms with Gasteiger partial charge in [0, 0.05) is 0 Å². The van der Waals surface area contributed by atoms with Crippen LogP contribution in [-0.2, 0) is 4.74 Å². The van der Waals surface area contributed by atoms with E-state index in [0.29, 0.717) is 11.5 Å². The summed E-state index contributed by atoms with van der Waals surface area (Å²) in [5.41, 5.74) is 0. The third-order valence-corrected chi connectivity index (χ3v) is 1.72. The second-order valence-electron chi connectivity index (χ2n) is 3.28. The average Bonchev–Trinajstić information content (AvgIpc) is 3.19. The molecular weight excluding hydrogens is 216 g/mol. The van der Waals surface area contributed by atoms with Crippen LogP contribution in [0.3, 0.4) is 0 Å². The Morgan fingerprint density at radius 2 is 0.941 bits per heavy atom. The summed E-state index contributed by atoms with van der Waals surface area (Å²) >= 11 is 0. The van der Waals surface area contributed by atoms with Gasteiger partial charge in [-0.15, -0.1) is 0 Å². The van der Waals surface area contributed by atoms with E-state index >= 15 is 0 Å². The molecule has 3 nitrogen and oxygen atoms in total. The number of phenols is 2. The lowest BCUT2D eigenvalue weighted by Crippen LogP contribution is -1.56. The normalized spacial score (nSPS) is 11.3. The van der Waals surface area contributed by atoms with E-state index in [9.17, 15) is 0 Å². The molecule has 2 aromatic rings. The maximum absolute atomic E-state index is 8.63. The summed E-state index contributed by atoms with van der Waals surface area (Å²) in [7, 11) is 0. The first-order valence-electron chi connectivity index (χ1n) is 5.35. The summed E-state index contributed by atoms with van der Waals surface area (Å²) in [5.74, 6) is 0.644. The van der Waals surface area contributed by atoms with Gasteiger partial charge in [0.15, 0.2) is 0 Å². The van der Waals surface area contributed by atoms with Gasteiger partial charge in [0.25, 0.3) is 0 Å². The molecule has 0 aromatic heterocycles. The minimum atomic E-state index is 0.322. The van der Waals surface area contributed by atoms with Crippen molar-refractivity contribution in [3.63, 3.8) is 0 Å². The van der Waals surface area contributed by atoms with Crippen molar-refractivity contribution >= 4 is 0 Å². The van der Waals surface area contributed by atoms with Crippen LogP contribution in [0.2, 0.25) is 0 Å². The Morgan fingerprint density at radius 1 is 0.647 bits per heavy atom. The highest BCUT2D eigenvalue weighted by molar-refractivity contribution is 5.19. The summed E-state index contributed by atoms with van der Waals surface area (Å²) in [4.78, 5) is 0. The van der Waals surface area contributed by atoms with Gasteiger partial charge in [0.2, 0.25) is 0 Å². The molecule has 0 bridgehead atoms. The number of hydrogen-bond donors (Lipinski definition) is 2. The van der Waals surface area contributed by atoms with Crippen LogP contribution in [0.15, 0.2) is 60.7 Å². The Labute approximate surface area is 101 Å². The first kappa shape index (κ1) is 13.1. The summed E-state index contributed by atoms with van der Waals surface area (Å²) in [6, 6.07) is 17.4. The highest BCUT2D eigenvalue weighted by Crippen LogP contribution is 2.03. The summed E-state index contributed by atoms with van der Waals surface area (Å²) in [5, 5.41) is 17.3. The van der Waals surface area contributed by atoms with Gasteiger partial charge in [-0.2, -0.15) is 0 Å². The van der Waals surface area contributed by atoms with E-state index in [1.807, 2.05) is 12.1 Å². The van der Waals surface area contributed by atoms with E-state index in [1.54, 1.807) is 48.5 Å². The molecule has 0 saturated carbocycles. The Hall–Kier alpha value is -2.00. The van der Waals surface area contributed by atoms with Crippen LogP contribution in [0.25, 0.3) is 0 Å². The van der Waals surface area contributed by atoms with Gasteiger partial charge in [0.1, 0.15) is 11.5 Å². The summed E-state index contributed by atoms with van der Waals surface area (Å²) < 4.78 is 4.50. The van der Waals surface area contributed by atoms with E-state index < -0.39 is 0 Å². The third kappa shape index (κ3) is 8.96. The average molecular weight is 232 g/mol. The molecule has 17 heavy (non-hydrogen) atoms. The molecule has 1 heterocycles. The van der Waals surface area contributed by atoms with Gasteiger partial charge in [-0.3, -0.25) is 0 Å². The van der Waals surface area contributed by atoms with Crippen molar-refractivity contribution < 1.29 is 14.9 Å². The quantitative estimate of drug-likeness (QED) is 0.687. The molecule has 2 N–H and O–H groups in total. The highest BCUT2D eigenvalue weighted by atomic mass is 16.6. The van der Waals surface area contributed by atoms with Crippen LogP contribution in [0, 0.1) is 0 Å². The molecule has 1 saturated heterocycles. The van der Waals surface area contributed by atoms with Crippen molar-refractivity contribution in [1.82, 2.24) is 0 Å². The smallest absolute Gasteiger partial charge is 0.115 e. The number of rotatable bonds is 0. The number of hydrogen-bond acceptors (Lipinski definition) is 3. The molecule has 0 radical (unpaired) electrons. The summed E-state index contributed by atoms with van der Waals surface area (Å²) in [6.45, 7) is 2.00. The fraction of sp³-hybridized carbons (Fsp3) is 0.143. The molecule has 0 unspecified atom stereocenters. The van der Waals surface area contributed by atoms with Gasteiger partial charge >= 0.3 is 0 Å². The molecule has 90 valence electrons. The number of ether oxygens (including phenoxy) is 1. The van der Waals surface area contributed by atoms with Crippen LogP contribution in [0.1, 0.15) is 0 Å². The van der Waals surface area contributed by atoms with Crippen molar-refractivity contribution in [2.45, 2.75) is 0 Å². The second kappa shape index (κ2) is 8.19. The monoisotopic (exact) mass is 232 g/mol. The van der Waals surface area contributed by atoms with Crippen molar-refractivity contribution in [1.29, 1.82) is 0 Å². The number of benzene rings is 2. The third-order valence-electron chi connectivity index (χ3n) is 1.72. The highest BCUT2D eigenvalue weighted by Gasteiger charge is 1.94. The first-order chi connectivity index (χ1) is 8.29. The lowest BCUT2D eigenvalue weighted by molar-refractivity contribution is 0.475. The van der Waals surface area contributed by atoms with Gasteiger partial charge in [-0.25, -0.2) is 0 Å². The fourth-order valence-electron chi connectivity index (χ4n) is 0.856. The van der Waals surface area contributed by atoms with Gasteiger partial charge in [-0.1, -0.05) is 36.4 Å². The van der Waals surface area contributed by atoms with Gasteiger partial charge < -0.3 is 14.9 Å². The van der Waals surface area contributed by atoms with Gasteiger partial charge in [0.05, 0.1) is 13.2 Å².